The van der Waals surface area contributed by atoms with Crippen molar-refractivity contribution >= 4 is 10.9 Å². The monoisotopic (exact) mass is 487 g/mol. The fourth-order valence-electron chi connectivity index (χ4n) is 4.37. The lowest BCUT2D eigenvalue weighted by Crippen LogP contribution is -2.18. The van der Waals surface area contributed by atoms with Crippen LogP contribution in [0.4, 0.5) is 8.78 Å². The first-order valence-corrected chi connectivity index (χ1v) is 11.3. The molecule has 0 aliphatic rings. The van der Waals surface area contributed by atoms with Crippen LogP contribution in [0.15, 0.2) is 70.5 Å². The third-order valence-corrected chi connectivity index (χ3v) is 6.31. The summed E-state index contributed by atoms with van der Waals surface area (Å²) in [6.45, 7) is 3.86. The van der Waals surface area contributed by atoms with E-state index in [9.17, 15) is 18.4 Å². The van der Waals surface area contributed by atoms with E-state index >= 15 is 0 Å². The first kappa shape index (κ1) is 23.3. The van der Waals surface area contributed by atoms with Crippen molar-refractivity contribution in [2.45, 2.75) is 13.8 Å². The lowest BCUT2D eigenvalue weighted by molar-refractivity contribution is 0.470. The second-order valence-corrected chi connectivity index (χ2v) is 8.86. The number of hydrogen-bond donors (Lipinski definition) is 1. The van der Waals surface area contributed by atoms with Crippen LogP contribution in [0, 0.1) is 25.5 Å². The van der Waals surface area contributed by atoms with E-state index in [1.807, 2.05) is 32.0 Å². The van der Waals surface area contributed by atoms with Gasteiger partial charge in [-0.25, -0.2) is 8.78 Å². The molecule has 0 spiro atoms. The summed E-state index contributed by atoms with van der Waals surface area (Å²) in [5, 5.41) is 0.455. The van der Waals surface area contributed by atoms with Crippen molar-refractivity contribution in [2.24, 2.45) is 14.1 Å². The Morgan fingerprint density at radius 1 is 0.833 bits per heavy atom. The second kappa shape index (κ2) is 8.64. The summed E-state index contributed by atoms with van der Waals surface area (Å²) in [6, 6.07) is 12.7. The molecule has 0 unspecified atom stereocenters. The summed E-state index contributed by atoms with van der Waals surface area (Å²) >= 11 is 0. The summed E-state index contributed by atoms with van der Waals surface area (Å²) in [5.41, 5.74) is 2.66. The van der Waals surface area contributed by atoms with Crippen LogP contribution in [0.25, 0.3) is 33.3 Å². The molecule has 3 aromatic heterocycles. The number of hydrogen-bond acceptors (Lipinski definition) is 3. The Hall–Kier alpha value is -4.46. The molecule has 0 saturated carbocycles. The number of benzene rings is 2. The van der Waals surface area contributed by atoms with Crippen molar-refractivity contribution in [3.8, 4) is 33.9 Å². The number of nitrogens with zero attached hydrogens (tertiary/aromatic N) is 2. The molecule has 5 rings (SSSR count). The zero-order valence-electron chi connectivity index (χ0n) is 20.1. The van der Waals surface area contributed by atoms with Crippen LogP contribution >= 0.6 is 0 Å². The van der Waals surface area contributed by atoms with Crippen molar-refractivity contribution in [1.82, 2.24) is 14.1 Å². The van der Waals surface area contributed by atoms with E-state index in [1.165, 1.54) is 27.3 Å². The van der Waals surface area contributed by atoms with Gasteiger partial charge in [0.05, 0.1) is 6.20 Å². The molecule has 6 nitrogen and oxygen atoms in total. The minimum atomic E-state index is -1.02. The van der Waals surface area contributed by atoms with E-state index in [0.29, 0.717) is 28.0 Å². The third-order valence-electron chi connectivity index (χ3n) is 6.31. The van der Waals surface area contributed by atoms with Crippen molar-refractivity contribution in [3.05, 3.63) is 104 Å². The normalized spacial score (nSPS) is 11.3. The van der Waals surface area contributed by atoms with Crippen LogP contribution in [0.1, 0.15) is 11.1 Å². The molecule has 182 valence electrons. The highest BCUT2D eigenvalue weighted by Crippen LogP contribution is 2.38. The SMILES string of the molecule is Cc1cccc(C)c1Oc1cn(C)c(=O)cc1-c1cn(C)c(=O)c2[nH]c(-c3cccc(F)c3F)cc12. The molecular weight excluding hydrogens is 464 g/mol. The molecule has 0 fully saturated rings. The number of halogens is 2. The van der Waals surface area contributed by atoms with E-state index < -0.39 is 11.6 Å². The van der Waals surface area contributed by atoms with Gasteiger partial charge in [0.1, 0.15) is 11.3 Å². The van der Waals surface area contributed by atoms with Gasteiger partial charge in [0.15, 0.2) is 17.4 Å². The van der Waals surface area contributed by atoms with Gasteiger partial charge in [0, 0.05) is 54.1 Å². The van der Waals surface area contributed by atoms with Gasteiger partial charge in [-0.1, -0.05) is 24.3 Å². The average Bonchev–Trinajstić information content (AvgIpc) is 3.28. The van der Waals surface area contributed by atoms with E-state index in [-0.39, 0.29) is 27.9 Å². The van der Waals surface area contributed by atoms with Gasteiger partial charge in [0.25, 0.3) is 11.1 Å². The topological polar surface area (TPSA) is 69.0 Å². The number of aryl methyl sites for hydroxylation is 4. The highest BCUT2D eigenvalue weighted by atomic mass is 19.2. The van der Waals surface area contributed by atoms with Gasteiger partial charge in [-0.2, -0.15) is 0 Å². The number of aromatic nitrogens is 3. The zero-order chi connectivity index (χ0) is 25.7. The number of nitrogens with one attached hydrogen (secondary N) is 1. The van der Waals surface area contributed by atoms with Crippen LogP contribution < -0.4 is 15.9 Å². The Balaban J connectivity index is 1.79. The summed E-state index contributed by atoms with van der Waals surface area (Å²) in [7, 11) is 3.21. The molecule has 0 bridgehead atoms. The van der Waals surface area contributed by atoms with Crippen molar-refractivity contribution in [3.63, 3.8) is 0 Å². The Labute approximate surface area is 205 Å². The Bertz CT molecular complexity index is 1760. The molecule has 36 heavy (non-hydrogen) atoms. The molecule has 0 atom stereocenters. The molecule has 0 aliphatic carbocycles. The molecule has 5 aromatic rings. The van der Waals surface area contributed by atoms with Crippen molar-refractivity contribution < 1.29 is 13.5 Å². The van der Waals surface area contributed by atoms with Crippen LogP contribution in [-0.4, -0.2) is 14.1 Å². The number of fused-ring (bicyclic) bond motifs is 1. The molecule has 8 heteroatoms. The van der Waals surface area contributed by atoms with Gasteiger partial charge in [-0.05, 0) is 43.2 Å². The lowest BCUT2D eigenvalue weighted by Gasteiger charge is -2.17. The summed E-state index contributed by atoms with van der Waals surface area (Å²) in [6.07, 6.45) is 3.21. The number of pyridine rings is 2. The zero-order valence-corrected chi connectivity index (χ0v) is 20.1. The molecule has 1 N–H and O–H groups in total. The maximum absolute atomic E-state index is 14.6. The van der Waals surface area contributed by atoms with Crippen molar-refractivity contribution in [1.29, 1.82) is 0 Å². The lowest BCUT2D eigenvalue weighted by atomic mass is 10.0. The van der Waals surface area contributed by atoms with E-state index in [2.05, 4.69) is 4.98 Å². The number of aromatic amines is 1. The van der Waals surface area contributed by atoms with Crippen LogP contribution in [-0.2, 0) is 14.1 Å². The summed E-state index contributed by atoms with van der Waals surface area (Å²) in [5.74, 6) is -0.936. The van der Waals surface area contributed by atoms with Gasteiger partial charge in [-0.3, -0.25) is 9.59 Å². The summed E-state index contributed by atoms with van der Waals surface area (Å²) in [4.78, 5) is 28.6. The Morgan fingerprint density at radius 3 is 2.25 bits per heavy atom. The fraction of sp³-hybridized carbons (Fsp3) is 0.143. The quantitative estimate of drug-likeness (QED) is 0.360. The molecule has 3 heterocycles. The molecule has 0 saturated heterocycles. The van der Waals surface area contributed by atoms with Crippen molar-refractivity contribution in [2.75, 3.05) is 0 Å². The van der Waals surface area contributed by atoms with E-state index in [4.69, 9.17) is 4.74 Å². The van der Waals surface area contributed by atoms with Gasteiger partial charge in [-0.15, -0.1) is 0 Å². The molecular formula is C28H23F2N3O3. The largest absolute Gasteiger partial charge is 0.455 e. The molecule has 0 radical (unpaired) electrons. The highest BCUT2D eigenvalue weighted by Gasteiger charge is 2.20. The smallest absolute Gasteiger partial charge is 0.274 e. The summed E-state index contributed by atoms with van der Waals surface area (Å²) < 4.78 is 37.6. The van der Waals surface area contributed by atoms with Crippen LogP contribution in [0.2, 0.25) is 0 Å². The maximum atomic E-state index is 14.6. The maximum Gasteiger partial charge on any atom is 0.274 e. The average molecular weight is 488 g/mol. The Kier molecular flexibility index (Phi) is 5.59. The third kappa shape index (κ3) is 3.80. The Morgan fingerprint density at radius 2 is 1.53 bits per heavy atom. The minimum absolute atomic E-state index is 0.00446. The van der Waals surface area contributed by atoms with Gasteiger partial charge >= 0.3 is 0 Å². The predicted octanol–water partition coefficient (Wildman–Crippen LogP) is 5.59. The van der Waals surface area contributed by atoms with Gasteiger partial charge in [0.2, 0.25) is 0 Å². The first-order valence-electron chi connectivity index (χ1n) is 11.3. The number of H-pyrrole nitrogens is 1. The minimum Gasteiger partial charge on any atom is -0.455 e. The predicted molar refractivity (Wildman–Crippen MR) is 136 cm³/mol. The highest BCUT2D eigenvalue weighted by molar-refractivity contribution is 5.98. The van der Waals surface area contributed by atoms with E-state index in [1.54, 1.807) is 32.6 Å². The van der Waals surface area contributed by atoms with E-state index in [0.717, 1.165) is 17.2 Å². The number of rotatable bonds is 4. The number of para-hydroxylation sites is 1. The second-order valence-electron chi connectivity index (χ2n) is 8.86. The standard InChI is InChI=1S/C28H23F2N3O3/c1-15-7-5-8-16(2)27(15)36-23-14-32(3)24(34)12-18(23)20-13-33(4)28(35)26-19(20)11-22(31-26)17-9-6-10-21(29)25(17)30/h5-14,31H,1-4H3. The molecule has 0 amide bonds. The first-order chi connectivity index (χ1) is 17.2. The molecule has 2 aromatic carbocycles. The fourth-order valence-corrected chi connectivity index (χ4v) is 4.37. The van der Waals surface area contributed by atoms with Crippen LogP contribution in [0.3, 0.4) is 0 Å². The van der Waals surface area contributed by atoms with Crippen LogP contribution in [0.5, 0.6) is 11.5 Å². The molecule has 0 aliphatic heterocycles. The number of ether oxygens (including phenoxy) is 1. The van der Waals surface area contributed by atoms with Gasteiger partial charge < -0.3 is 18.9 Å².